The van der Waals surface area contributed by atoms with Crippen molar-refractivity contribution >= 4 is 0 Å². The predicted octanol–water partition coefficient (Wildman–Crippen LogP) is 3.45. The molecule has 0 bridgehead atoms. The summed E-state index contributed by atoms with van der Waals surface area (Å²) in [6.07, 6.45) is 0. The summed E-state index contributed by atoms with van der Waals surface area (Å²) in [4.78, 5) is 0. The second-order valence-corrected chi connectivity index (χ2v) is 5.05. The summed E-state index contributed by atoms with van der Waals surface area (Å²) in [7, 11) is 1.95. The quantitative estimate of drug-likeness (QED) is 0.866. The first kappa shape index (κ1) is 15.2. The topological polar surface area (TPSA) is 21.3 Å². The lowest BCUT2D eigenvalue weighted by Gasteiger charge is -2.12. The molecule has 108 valence electrons. The highest BCUT2D eigenvalue weighted by molar-refractivity contribution is 5.43. The van der Waals surface area contributed by atoms with Gasteiger partial charge in [0.25, 0.3) is 0 Å². The highest BCUT2D eigenvalue weighted by Crippen LogP contribution is 2.24. The van der Waals surface area contributed by atoms with Crippen LogP contribution in [0.5, 0.6) is 5.75 Å². The monoisotopic (exact) mass is 279 g/mol. The van der Waals surface area contributed by atoms with E-state index >= 15 is 0 Å². The van der Waals surface area contributed by atoms with Gasteiger partial charge in [0.05, 0.1) is 0 Å². The average Bonchev–Trinajstić information content (AvgIpc) is 2.47. The third-order valence-electron chi connectivity index (χ3n) is 3.20. The molecule has 0 saturated heterocycles. The van der Waals surface area contributed by atoms with E-state index in [0.717, 1.165) is 29.0 Å². The Morgan fingerprint density at radius 3 is 2.33 bits per heavy atom. The standard InChI is InChI=1S/C19H21NO/c1-15-12-18(14-20-3)13-16(2)19(15)21-11-7-10-17-8-5-4-6-9-17/h4-6,8-9,12-13,20H,11,14H2,1-3H3. The predicted molar refractivity (Wildman–Crippen MR) is 87.5 cm³/mol. The summed E-state index contributed by atoms with van der Waals surface area (Å²) in [6.45, 7) is 5.43. The van der Waals surface area contributed by atoms with E-state index in [4.69, 9.17) is 4.74 Å². The molecule has 0 radical (unpaired) electrons. The van der Waals surface area contributed by atoms with E-state index in [1.807, 2.05) is 37.4 Å². The van der Waals surface area contributed by atoms with Gasteiger partial charge in [-0.3, -0.25) is 0 Å². The molecule has 0 aliphatic rings. The molecule has 0 spiro atoms. The van der Waals surface area contributed by atoms with Crippen molar-refractivity contribution < 1.29 is 4.74 Å². The van der Waals surface area contributed by atoms with Crippen molar-refractivity contribution in [3.8, 4) is 17.6 Å². The first-order chi connectivity index (χ1) is 10.2. The molecule has 0 aromatic heterocycles. The molecule has 0 aliphatic carbocycles. The maximum Gasteiger partial charge on any atom is 0.149 e. The number of ether oxygens (including phenoxy) is 1. The van der Waals surface area contributed by atoms with Crippen LogP contribution < -0.4 is 10.1 Å². The number of rotatable bonds is 4. The Labute approximate surface area is 127 Å². The number of hydrogen-bond donors (Lipinski definition) is 1. The lowest BCUT2D eigenvalue weighted by molar-refractivity contribution is 0.364. The zero-order valence-corrected chi connectivity index (χ0v) is 12.9. The van der Waals surface area contributed by atoms with Crippen LogP contribution in [0.2, 0.25) is 0 Å². The Kier molecular flexibility index (Phi) is 5.43. The van der Waals surface area contributed by atoms with Crippen molar-refractivity contribution in [3.05, 3.63) is 64.7 Å². The van der Waals surface area contributed by atoms with Crippen LogP contribution in [-0.2, 0) is 6.54 Å². The molecule has 2 nitrogen and oxygen atoms in total. The van der Waals surface area contributed by atoms with Crippen molar-refractivity contribution in [1.82, 2.24) is 5.32 Å². The summed E-state index contributed by atoms with van der Waals surface area (Å²) in [6, 6.07) is 14.3. The van der Waals surface area contributed by atoms with Gasteiger partial charge in [-0.25, -0.2) is 0 Å². The normalized spacial score (nSPS) is 9.86. The zero-order valence-electron chi connectivity index (χ0n) is 12.9. The number of nitrogens with one attached hydrogen (secondary N) is 1. The lowest BCUT2D eigenvalue weighted by atomic mass is 10.1. The summed E-state index contributed by atoms with van der Waals surface area (Å²) in [5, 5.41) is 3.17. The van der Waals surface area contributed by atoms with E-state index in [-0.39, 0.29) is 0 Å². The van der Waals surface area contributed by atoms with Crippen LogP contribution in [0.25, 0.3) is 0 Å². The minimum absolute atomic E-state index is 0.405. The third-order valence-corrected chi connectivity index (χ3v) is 3.20. The fourth-order valence-corrected chi connectivity index (χ4v) is 2.34. The number of hydrogen-bond acceptors (Lipinski definition) is 2. The molecule has 0 aliphatic heterocycles. The van der Waals surface area contributed by atoms with E-state index in [2.05, 4.69) is 43.1 Å². The molecular formula is C19H21NO. The molecule has 0 amide bonds. The smallest absolute Gasteiger partial charge is 0.149 e. The molecule has 21 heavy (non-hydrogen) atoms. The van der Waals surface area contributed by atoms with Gasteiger partial charge in [-0.1, -0.05) is 42.2 Å². The zero-order chi connectivity index (χ0) is 15.1. The van der Waals surface area contributed by atoms with Crippen molar-refractivity contribution in [2.45, 2.75) is 20.4 Å². The summed E-state index contributed by atoms with van der Waals surface area (Å²) in [5.41, 5.74) is 4.60. The van der Waals surface area contributed by atoms with Gasteiger partial charge < -0.3 is 10.1 Å². The fourth-order valence-electron chi connectivity index (χ4n) is 2.34. The van der Waals surface area contributed by atoms with E-state index < -0.39 is 0 Å². The highest BCUT2D eigenvalue weighted by atomic mass is 16.5. The largest absolute Gasteiger partial charge is 0.480 e. The fraction of sp³-hybridized carbons (Fsp3) is 0.263. The van der Waals surface area contributed by atoms with Crippen LogP contribution in [0.4, 0.5) is 0 Å². The second-order valence-electron chi connectivity index (χ2n) is 5.05. The van der Waals surface area contributed by atoms with Gasteiger partial charge in [-0.05, 0) is 49.7 Å². The van der Waals surface area contributed by atoms with Crippen molar-refractivity contribution in [2.75, 3.05) is 13.7 Å². The van der Waals surface area contributed by atoms with Crippen molar-refractivity contribution in [2.24, 2.45) is 0 Å². The maximum atomic E-state index is 5.83. The number of aryl methyl sites for hydroxylation is 2. The molecule has 0 heterocycles. The molecule has 0 atom stereocenters. The maximum absolute atomic E-state index is 5.83. The minimum atomic E-state index is 0.405. The first-order valence-electron chi connectivity index (χ1n) is 7.12. The Balaban J connectivity index is 2.02. The third kappa shape index (κ3) is 4.37. The Hall–Kier alpha value is -2.24. The molecule has 1 N–H and O–H groups in total. The van der Waals surface area contributed by atoms with Gasteiger partial charge in [0, 0.05) is 12.1 Å². The van der Waals surface area contributed by atoms with Crippen LogP contribution >= 0.6 is 0 Å². The van der Waals surface area contributed by atoms with Gasteiger partial charge in [0.15, 0.2) is 0 Å². The second kappa shape index (κ2) is 7.52. The first-order valence-corrected chi connectivity index (χ1v) is 7.12. The minimum Gasteiger partial charge on any atom is -0.480 e. The Bertz CT molecular complexity index is 627. The molecule has 2 rings (SSSR count). The molecule has 0 fully saturated rings. The van der Waals surface area contributed by atoms with Gasteiger partial charge in [0.2, 0.25) is 0 Å². The van der Waals surface area contributed by atoms with Crippen LogP contribution in [0.1, 0.15) is 22.3 Å². The van der Waals surface area contributed by atoms with Crippen LogP contribution in [-0.4, -0.2) is 13.7 Å². The highest BCUT2D eigenvalue weighted by Gasteiger charge is 2.05. The number of benzene rings is 2. The van der Waals surface area contributed by atoms with Crippen molar-refractivity contribution in [1.29, 1.82) is 0 Å². The van der Waals surface area contributed by atoms with Crippen LogP contribution in [0.15, 0.2) is 42.5 Å². The SMILES string of the molecule is CNCc1cc(C)c(OCC#Cc2ccccc2)c(C)c1. The Morgan fingerprint density at radius 2 is 1.71 bits per heavy atom. The summed E-state index contributed by atoms with van der Waals surface area (Å²) < 4.78 is 5.83. The van der Waals surface area contributed by atoms with Gasteiger partial charge >= 0.3 is 0 Å². The lowest BCUT2D eigenvalue weighted by Crippen LogP contribution is -2.06. The van der Waals surface area contributed by atoms with Crippen molar-refractivity contribution in [3.63, 3.8) is 0 Å². The molecule has 0 unspecified atom stereocenters. The van der Waals surface area contributed by atoms with Crippen LogP contribution in [0.3, 0.4) is 0 Å². The van der Waals surface area contributed by atoms with E-state index in [1.54, 1.807) is 0 Å². The molecule has 2 heteroatoms. The Morgan fingerprint density at radius 1 is 1.05 bits per heavy atom. The summed E-state index contributed by atoms with van der Waals surface area (Å²) >= 11 is 0. The van der Waals surface area contributed by atoms with Gasteiger partial charge in [0.1, 0.15) is 12.4 Å². The van der Waals surface area contributed by atoms with Gasteiger partial charge in [-0.15, -0.1) is 0 Å². The van der Waals surface area contributed by atoms with Crippen LogP contribution in [0, 0.1) is 25.7 Å². The van der Waals surface area contributed by atoms with Gasteiger partial charge in [-0.2, -0.15) is 0 Å². The molecule has 2 aromatic carbocycles. The van der Waals surface area contributed by atoms with E-state index in [1.165, 1.54) is 5.56 Å². The average molecular weight is 279 g/mol. The molecule has 2 aromatic rings. The van der Waals surface area contributed by atoms with E-state index in [0.29, 0.717) is 6.61 Å². The van der Waals surface area contributed by atoms with E-state index in [9.17, 15) is 0 Å². The molecular weight excluding hydrogens is 258 g/mol. The molecule has 0 saturated carbocycles. The summed E-state index contributed by atoms with van der Waals surface area (Å²) in [5.74, 6) is 7.10.